The number of methoxy groups -OCH3 is 1. The van der Waals surface area contributed by atoms with E-state index in [0.717, 1.165) is 11.1 Å². The van der Waals surface area contributed by atoms with Crippen molar-refractivity contribution in [3.63, 3.8) is 0 Å². The van der Waals surface area contributed by atoms with Crippen LogP contribution in [0.5, 0.6) is 5.75 Å². The normalized spacial score (nSPS) is 10.1. The molecule has 0 fully saturated rings. The number of hydrogen-bond acceptors (Lipinski definition) is 4. The van der Waals surface area contributed by atoms with Gasteiger partial charge in [0, 0.05) is 18.8 Å². The number of nitrogens with zero attached hydrogens (tertiary/aromatic N) is 1. The van der Waals surface area contributed by atoms with Crippen molar-refractivity contribution in [2.45, 2.75) is 13.2 Å². The minimum atomic E-state index is -0.281. The van der Waals surface area contributed by atoms with Gasteiger partial charge in [-0.25, -0.2) is 0 Å². The molecule has 104 valence electrons. The molecular weight excluding hydrogens is 256 g/mol. The van der Waals surface area contributed by atoms with Crippen LogP contribution in [-0.4, -0.2) is 23.1 Å². The van der Waals surface area contributed by atoms with E-state index in [4.69, 9.17) is 4.74 Å². The largest absolute Gasteiger partial charge is 0.497 e. The third-order valence-electron chi connectivity index (χ3n) is 2.93. The van der Waals surface area contributed by atoms with Crippen molar-refractivity contribution in [2.24, 2.45) is 0 Å². The van der Waals surface area contributed by atoms with Crippen LogP contribution in [-0.2, 0) is 13.2 Å². The van der Waals surface area contributed by atoms with E-state index in [1.54, 1.807) is 12.1 Å². The second kappa shape index (κ2) is 6.68. The number of aromatic nitrogens is 1. The van der Waals surface area contributed by atoms with E-state index in [1.165, 1.54) is 13.3 Å². The molecule has 1 aromatic heterocycles. The lowest BCUT2D eigenvalue weighted by Gasteiger charge is -2.09. The summed E-state index contributed by atoms with van der Waals surface area (Å²) in [5, 5.41) is 12.0. The van der Waals surface area contributed by atoms with Crippen molar-refractivity contribution in [2.75, 3.05) is 7.11 Å². The second-order valence-electron chi connectivity index (χ2n) is 4.19. The first-order valence-corrected chi connectivity index (χ1v) is 6.20. The molecule has 0 aliphatic rings. The zero-order valence-corrected chi connectivity index (χ0v) is 11.2. The van der Waals surface area contributed by atoms with E-state index in [1.807, 2.05) is 24.3 Å². The van der Waals surface area contributed by atoms with Gasteiger partial charge in [0.05, 0.1) is 13.7 Å². The average Bonchev–Trinajstić information content (AvgIpc) is 2.52. The summed E-state index contributed by atoms with van der Waals surface area (Å²) in [6, 6.07) is 10.7. The van der Waals surface area contributed by atoms with Gasteiger partial charge in [-0.3, -0.25) is 9.78 Å². The van der Waals surface area contributed by atoms with Gasteiger partial charge >= 0.3 is 0 Å². The van der Waals surface area contributed by atoms with Gasteiger partial charge in [0.15, 0.2) is 0 Å². The number of benzene rings is 1. The van der Waals surface area contributed by atoms with Gasteiger partial charge in [0.25, 0.3) is 5.91 Å². The lowest BCUT2D eigenvalue weighted by molar-refractivity contribution is 0.0945. The standard InChI is InChI=1S/C15H16N2O3/c1-20-13-6-7-16-14(8-13)15(19)17-9-11-4-2-3-5-12(11)10-18/h2-8,18H,9-10H2,1H3,(H,17,19). The molecule has 0 aliphatic heterocycles. The molecule has 0 bridgehead atoms. The molecule has 2 N–H and O–H groups in total. The minimum Gasteiger partial charge on any atom is -0.497 e. The Balaban J connectivity index is 2.04. The summed E-state index contributed by atoms with van der Waals surface area (Å²) in [5.74, 6) is 0.303. The van der Waals surface area contributed by atoms with Gasteiger partial charge in [-0.05, 0) is 17.2 Å². The van der Waals surface area contributed by atoms with Crippen molar-refractivity contribution >= 4 is 5.91 Å². The Morgan fingerprint density at radius 2 is 2.05 bits per heavy atom. The molecule has 0 saturated heterocycles. The molecule has 5 nitrogen and oxygen atoms in total. The predicted octanol–water partition coefficient (Wildman–Crippen LogP) is 1.51. The minimum absolute atomic E-state index is 0.0521. The van der Waals surface area contributed by atoms with Crippen LogP contribution in [0, 0.1) is 0 Å². The first-order valence-electron chi connectivity index (χ1n) is 6.20. The van der Waals surface area contributed by atoms with E-state index in [2.05, 4.69) is 10.3 Å². The Bertz CT molecular complexity index is 599. The van der Waals surface area contributed by atoms with E-state index >= 15 is 0 Å². The molecule has 0 atom stereocenters. The Kier molecular flexibility index (Phi) is 4.68. The molecule has 2 rings (SSSR count). The molecule has 0 saturated carbocycles. The lowest BCUT2D eigenvalue weighted by atomic mass is 10.1. The molecule has 0 aliphatic carbocycles. The number of amides is 1. The summed E-state index contributed by atoms with van der Waals surface area (Å²) in [6.45, 7) is 0.290. The highest BCUT2D eigenvalue weighted by atomic mass is 16.5. The van der Waals surface area contributed by atoms with Crippen LogP contribution in [0.3, 0.4) is 0 Å². The number of pyridine rings is 1. The summed E-state index contributed by atoms with van der Waals surface area (Å²) < 4.78 is 5.05. The third kappa shape index (κ3) is 3.33. The highest BCUT2D eigenvalue weighted by Gasteiger charge is 2.09. The topological polar surface area (TPSA) is 71.5 Å². The van der Waals surface area contributed by atoms with Crippen molar-refractivity contribution in [1.82, 2.24) is 10.3 Å². The highest BCUT2D eigenvalue weighted by molar-refractivity contribution is 5.92. The van der Waals surface area contributed by atoms with Crippen molar-refractivity contribution < 1.29 is 14.6 Å². The molecule has 5 heteroatoms. The Hall–Kier alpha value is -2.40. The monoisotopic (exact) mass is 272 g/mol. The summed E-state index contributed by atoms with van der Waals surface area (Å²) in [6.07, 6.45) is 1.52. The smallest absolute Gasteiger partial charge is 0.270 e. The number of aliphatic hydroxyl groups is 1. The average molecular weight is 272 g/mol. The molecule has 1 amide bonds. The summed E-state index contributed by atoms with van der Waals surface area (Å²) in [4.78, 5) is 16.0. The maximum atomic E-state index is 12.0. The van der Waals surface area contributed by atoms with Gasteiger partial charge in [-0.15, -0.1) is 0 Å². The molecule has 1 aromatic carbocycles. The fourth-order valence-electron chi connectivity index (χ4n) is 1.81. The number of ether oxygens (including phenoxy) is 1. The van der Waals surface area contributed by atoms with Gasteiger partial charge in [0.2, 0.25) is 0 Å². The summed E-state index contributed by atoms with van der Waals surface area (Å²) in [5.41, 5.74) is 1.98. The van der Waals surface area contributed by atoms with Gasteiger partial charge in [0.1, 0.15) is 11.4 Å². The Morgan fingerprint density at radius 1 is 1.30 bits per heavy atom. The Morgan fingerprint density at radius 3 is 2.75 bits per heavy atom. The molecule has 0 unspecified atom stereocenters. The quantitative estimate of drug-likeness (QED) is 0.865. The van der Waals surface area contributed by atoms with E-state index in [9.17, 15) is 9.90 Å². The number of aliphatic hydroxyl groups excluding tert-OH is 1. The van der Waals surface area contributed by atoms with Crippen molar-refractivity contribution in [3.8, 4) is 5.75 Å². The maximum absolute atomic E-state index is 12.0. The zero-order chi connectivity index (χ0) is 14.4. The Labute approximate surface area is 117 Å². The number of rotatable bonds is 5. The van der Waals surface area contributed by atoms with Crippen LogP contribution in [0.4, 0.5) is 0 Å². The fraction of sp³-hybridized carbons (Fsp3) is 0.200. The number of carbonyl (C=O) groups excluding carboxylic acids is 1. The molecule has 0 spiro atoms. The molecule has 1 heterocycles. The number of carbonyl (C=O) groups is 1. The third-order valence-corrected chi connectivity index (χ3v) is 2.93. The van der Waals surface area contributed by atoms with Crippen molar-refractivity contribution in [1.29, 1.82) is 0 Å². The fourth-order valence-corrected chi connectivity index (χ4v) is 1.81. The van der Waals surface area contributed by atoms with E-state index < -0.39 is 0 Å². The van der Waals surface area contributed by atoms with Gasteiger partial charge in [-0.1, -0.05) is 24.3 Å². The first kappa shape index (κ1) is 14.0. The maximum Gasteiger partial charge on any atom is 0.270 e. The molecule has 2 aromatic rings. The lowest BCUT2D eigenvalue weighted by Crippen LogP contribution is -2.24. The van der Waals surface area contributed by atoms with Crippen molar-refractivity contribution in [3.05, 3.63) is 59.4 Å². The van der Waals surface area contributed by atoms with Crippen LogP contribution in [0.2, 0.25) is 0 Å². The number of hydrogen-bond donors (Lipinski definition) is 2. The predicted molar refractivity (Wildman–Crippen MR) is 74.3 cm³/mol. The van der Waals surface area contributed by atoms with Gasteiger partial charge < -0.3 is 15.2 Å². The molecule has 20 heavy (non-hydrogen) atoms. The van der Waals surface area contributed by atoms with Gasteiger partial charge in [-0.2, -0.15) is 0 Å². The summed E-state index contributed by atoms with van der Waals surface area (Å²) >= 11 is 0. The zero-order valence-electron chi connectivity index (χ0n) is 11.2. The number of nitrogens with one attached hydrogen (secondary N) is 1. The summed E-state index contributed by atoms with van der Waals surface area (Å²) in [7, 11) is 1.54. The van der Waals surface area contributed by atoms with E-state index in [-0.39, 0.29) is 12.5 Å². The highest BCUT2D eigenvalue weighted by Crippen LogP contribution is 2.11. The van der Waals surface area contributed by atoms with Crippen LogP contribution in [0.15, 0.2) is 42.6 Å². The second-order valence-corrected chi connectivity index (χ2v) is 4.19. The van der Waals surface area contributed by atoms with Crippen LogP contribution in [0.1, 0.15) is 21.6 Å². The SMILES string of the molecule is COc1ccnc(C(=O)NCc2ccccc2CO)c1. The molecular formula is C15H16N2O3. The van der Waals surface area contributed by atoms with E-state index in [0.29, 0.717) is 18.0 Å². The van der Waals surface area contributed by atoms with Crippen LogP contribution < -0.4 is 10.1 Å². The van der Waals surface area contributed by atoms with Crippen LogP contribution >= 0.6 is 0 Å². The first-order chi connectivity index (χ1) is 9.74. The van der Waals surface area contributed by atoms with Crippen LogP contribution in [0.25, 0.3) is 0 Å². The molecule has 0 radical (unpaired) electrons.